The monoisotopic (exact) mass is 651 g/mol. The molecule has 2 amide bonds. The average Bonchev–Trinajstić information content (AvgIpc) is 3.29. The molecule has 2 aromatic carbocycles. The van der Waals surface area contributed by atoms with Crippen molar-refractivity contribution in [3.8, 4) is 0 Å². The van der Waals surface area contributed by atoms with E-state index < -0.39 is 28.5 Å². The molecule has 1 saturated carbocycles. The molecule has 190 valence electrons. The van der Waals surface area contributed by atoms with Gasteiger partial charge in [0.25, 0.3) is 0 Å². The fourth-order valence-corrected chi connectivity index (χ4v) is 5.71. The van der Waals surface area contributed by atoms with E-state index >= 15 is 0 Å². The Morgan fingerprint density at radius 3 is 2.31 bits per heavy atom. The Kier molecular flexibility index (Phi) is 9.70. The lowest BCUT2D eigenvalue weighted by Gasteiger charge is -2.32. The Labute approximate surface area is 230 Å². The van der Waals surface area contributed by atoms with Gasteiger partial charge in [0, 0.05) is 26.2 Å². The van der Waals surface area contributed by atoms with Crippen LogP contribution in [0.3, 0.4) is 0 Å². The average molecular weight is 652 g/mol. The lowest BCUT2D eigenvalue weighted by Crippen LogP contribution is -2.52. The van der Waals surface area contributed by atoms with Crippen molar-refractivity contribution in [1.29, 1.82) is 0 Å². The second-order valence-electron chi connectivity index (χ2n) is 8.67. The molecule has 0 aliphatic heterocycles. The maximum atomic E-state index is 13.6. The number of halogens is 3. The molecule has 0 spiro atoms. The van der Waals surface area contributed by atoms with Gasteiger partial charge in [0.05, 0.1) is 11.9 Å². The fraction of sp³-hybridized carbons (Fsp3) is 0.417. The Hall–Kier alpha value is -1.56. The van der Waals surface area contributed by atoms with Crippen LogP contribution in [0.25, 0.3) is 0 Å². The van der Waals surface area contributed by atoms with Gasteiger partial charge in [-0.2, -0.15) is 0 Å². The number of anilines is 1. The molecule has 1 fully saturated rings. The Bertz CT molecular complexity index is 1170. The number of nitrogens with one attached hydrogen (secondary N) is 1. The van der Waals surface area contributed by atoms with Crippen LogP contribution in [-0.2, 0) is 26.2 Å². The van der Waals surface area contributed by atoms with E-state index in [4.69, 9.17) is 23.2 Å². The van der Waals surface area contributed by atoms with Gasteiger partial charge >= 0.3 is 0 Å². The zero-order chi connectivity index (χ0) is 25.8. The van der Waals surface area contributed by atoms with Gasteiger partial charge in [-0.3, -0.25) is 13.9 Å². The summed E-state index contributed by atoms with van der Waals surface area (Å²) >= 11 is 14.5. The molecule has 1 atom stereocenters. The maximum Gasteiger partial charge on any atom is 0.244 e. The minimum Gasteiger partial charge on any atom is -0.352 e. The third-order valence-electron chi connectivity index (χ3n) is 6.02. The topological polar surface area (TPSA) is 86.8 Å². The molecular weight excluding hydrogens is 624 g/mol. The van der Waals surface area contributed by atoms with Crippen molar-refractivity contribution in [2.24, 2.45) is 0 Å². The molecular formula is C24H28Cl2IN3O4S. The first-order chi connectivity index (χ1) is 16.5. The third-order valence-corrected chi connectivity index (χ3v) is 8.47. The highest BCUT2D eigenvalue weighted by atomic mass is 127. The summed E-state index contributed by atoms with van der Waals surface area (Å²) in [7, 11) is -3.77. The summed E-state index contributed by atoms with van der Waals surface area (Å²) < 4.78 is 27.2. The molecule has 11 heteroatoms. The van der Waals surface area contributed by atoms with Gasteiger partial charge in [0.1, 0.15) is 12.6 Å². The first kappa shape index (κ1) is 28.0. The van der Waals surface area contributed by atoms with Crippen molar-refractivity contribution >= 4 is 73.3 Å². The highest BCUT2D eigenvalue weighted by Gasteiger charge is 2.31. The number of sulfonamides is 1. The molecule has 3 rings (SSSR count). The van der Waals surface area contributed by atoms with Crippen LogP contribution in [0.2, 0.25) is 10.0 Å². The van der Waals surface area contributed by atoms with Crippen LogP contribution in [0.1, 0.15) is 38.2 Å². The molecule has 2 aromatic rings. The van der Waals surface area contributed by atoms with Crippen molar-refractivity contribution in [3.05, 3.63) is 61.6 Å². The van der Waals surface area contributed by atoms with E-state index in [2.05, 4.69) is 27.9 Å². The van der Waals surface area contributed by atoms with Gasteiger partial charge in [-0.05, 0) is 84.3 Å². The largest absolute Gasteiger partial charge is 0.352 e. The van der Waals surface area contributed by atoms with E-state index in [0.717, 1.165) is 39.8 Å². The lowest BCUT2D eigenvalue weighted by atomic mass is 10.1. The van der Waals surface area contributed by atoms with Crippen LogP contribution in [0, 0.1) is 3.57 Å². The highest BCUT2D eigenvalue weighted by molar-refractivity contribution is 14.1. The van der Waals surface area contributed by atoms with E-state index in [1.165, 1.54) is 4.90 Å². The summed E-state index contributed by atoms with van der Waals surface area (Å²) in [6, 6.07) is 11.0. The Morgan fingerprint density at radius 2 is 1.74 bits per heavy atom. The Balaban J connectivity index is 1.89. The van der Waals surface area contributed by atoms with Crippen LogP contribution in [0.4, 0.5) is 5.69 Å². The fourth-order valence-electron chi connectivity index (χ4n) is 4.03. The quantitative estimate of drug-likeness (QED) is 0.393. The van der Waals surface area contributed by atoms with Crippen LogP contribution in [0.5, 0.6) is 0 Å². The summed E-state index contributed by atoms with van der Waals surface area (Å²) in [5.74, 6) is -0.801. The predicted octanol–water partition coefficient (Wildman–Crippen LogP) is 4.84. The zero-order valence-corrected chi connectivity index (χ0v) is 24.0. The molecule has 1 N–H and O–H groups in total. The van der Waals surface area contributed by atoms with E-state index in [9.17, 15) is 18.0 Å². The smallest absolute Gasteiger partial charge is 0.244 e. The summed E-state index contributed by atoms with van der Waals surface area (Å²) in [5.41, 5.74) is 0.971. The molecule has 0 unspecified atom stereocenters. The van der Waals surface area contributed by atoms with E-state index in [1.807, 2.05) is 0 Å². The van der Waals surface area contributed by atoms with Crippen molar-refractivity contribution in [2.45, 2.75) is 51.2 Å². The zero-order valence-electron chi connectivity index (χ0n) is 19.5. The number of carbonyl (C=O) groups is 2. The van der Waals surface area contributed by atoms with Crippen LogP contribution in [0.15, 0.2) is 42.5 Å². The normalized spacial score (nSPS) is 15.0. The predicted molar refractivity (Wildman–Crippen MR) is 148 cm³/mol. The lowest BCUT2D eigenvalue weighted by molar-refractivity contribution is -0.139. The maximum absolute atomic E-state index is 13.6. The number of nitrogens with zero attached hydrogens (tertiary/aromatic N) is 2. The van der Waals surface area contributed by atoms with Crippen LogP contribution < -0.4 is 9.62 Å². The van der Waals surface area contributed by atoms with Gasteiger partial charge in [0.15, 0.2) is 0 Å². The second-order valence-corrected chi connectivity index (χ2v) is 12.7. The number of benzene rings is 2. The molecule has 0 aromatic heterocycles. The first-order valence-corrected chi connectivity index (χ1v) is 14.9. The minimum absolute atomic E-state index is 0.0262. The van der Waals surface area contributed by atoms with Gasteiger partial charge in [-0.25, -0.2) is 8.42 Å². The SMILES string of the molecule is C[C@@H](C(=O)NC1CCCC1)N(Cc1ccc(Cl)cc1Cl)C(=O)CN(c1ccc(I)cc1)S(C)(=O)=O. The third kappa shape index (κ3) is 7.71. The number of rotatable bonds is 9. The van der Waals surface area contributed by atoms with Crippen LogP contribution in [-0.4, -0.2) is 50.0 Å². The van der Waals surface area contributed by atoms with Crippen molar-refractivity contribution in [1.82, 2.24) is 10.2 Å². The number of carbonyl (C=O) groups excluding carboxylic acids is 2. The van der Waals surface area contributed by atoms with E-state index in [1.54, 1.807) is 49.4 Å². The van der Waals surface area contributed by atoms with Crippen molar-refractivity contribution in [3.63, 3.8) is 0 Å². The molecule has 35 heavy (non-hydrogen) atoms. The Morgan fingerprint density at radius 1 is 1.11 bits per heavy atom. The van der Waals surface area contributed by atoms with E-state index in [0.29, 0.717) is 21.3 Å². The molecule has 0 radical (unpaired) electrons. The van der Waals surface area contributed by atoms with Gasteiger partial charge in [-0.1, -0.05) is 42.1 Å². The molecule has 1 aliphatic rings. The van der Waals surface area contributed by atoms with Gasteiger partial charge in [-0.15, -0.1) is 0 Å². The molecule has 0 heterocycles. The number of hydrogen-bond acceptors (Lipinski definition) is 4. The summed E-state index contributed by atoms with van der Waals surface area (Å²) in [5, 5.41) is 3.83. The second kappa shape index (κ2) is 12.1. The van der Waals surface area contributed by atoms with Gasteiger partial charge in [0.2, 0.25) is 21.8 Å². The molecule has 7 nitrogen and oxygen atoms in total. The summed E-state index contributed by atoms with van der Waals surface area (Å²) in [6.07, 6.45) is 4.98. The molecule has 0 saturated heterocycles. The first-order valence-electron chi connectivity index (χ1n) is 11.2. The summed E-state index contributed by atoms with van der Waals surface area (Å²) in [6.45, 7) is 1.21. The van der Waals surface area contributed by atoms with Crippen molar-refractivity contribution < 1.29 is 18.0 Å². The number of hydrogen-bond donors (Lipinski definition) is 1. The number of amides is 2. The van der Waals surface area contributed by atoms with Gasteiger partial charge < -0.3 is 10.2 Å². The standard InChI is InChI=1S/C24H28Cl2IN3O4S/c1-16(24(32)28-20-5-3-4-6-20)29(14-17-7-8-18(25)13-22(17)26)23(31)15-30(35(2,33)34)21-11-9-19(27)10-12-21/h7-13,16,20H,3-6,14-15H2,1-2H3,(H,28,32)/t16-/m0/s1. The highest BCUT2D eigenvalue weighted by Crippen LogP contribution is 2.25. The summed E-state index contributed by atoms with van der Waals surface area (Å²) in [4.78, 5) is 28.0. The minimum atomic E-state index is -3.77. The van der Waals surface area contributed by atoms with Crippen LogP contribution >= 0.6 is 45.8 Å². The van der Waals surface area contributed by atoms with Crippen molar-refractivity contribution in [2.75, 3.05) is 17.1 Å². The molecule has 1 aliphatic carbocycles. The molecule has 0 bridgehead atoms. The van der Waals surface area contributed by atoms with E-state index in [-0.39, 0.29) is 18.5 Å².